The van der Waals surface area contributed by atoms with E-state index in [0.29, 0.717) is 41.3 Å². The van der Waals surface area contributed by atoms with Crippen molar-refractivity contribution in [1.82, 2.24) is 34.5 Å². The quantitative estimate of drug-likeness (QED) is 0.254. The van der Waals surface area contributed by atoms with Crippen LogP contribution >= 0.6 is 0 Å². The molecule has 45 heavy (non-hydrogen) atoms. The molecule has 0 unspecified atom stereocenters. The summed E-state index contributed by atoms with van der Waals surface area (Å²) in [6, 6.07) is 12.4. The van der Waals surface area contributed by atoms with Gasteiger partial charge in [0, 0.05) is 69.0 Å². The summed E-state index contributed by atoms with van der Waals surface area (Å²) in [5.74, 6) is 0.393. The van der Waals surface area contributed by atoms with Crippen molar-refractivity contribution in [3.8, 4) is 23.0 Å². The topological polar surface area (TPSA) is 101 Å². The number of alkyl halides is 3. The highest BCUT2D eigenvalue weighted by Crippen LogP contribution is 2.35. The molecule has 1 aliphatic heterocycles. The second-order valence-corrected chi connectivity index (χ2v) is 11.1. The fraction of sp³-hybridized carbons (Fsp3) is 0.281. The Hall–Kier alpha value is -4.88. The molecule has 4 heterocycles. The van der Waals surface area contributed by atoms with Gasteiger partial charge in [0.25, 0.3) is 5.91 Å². The van der Waals surface area contributed by atoms with Gasteiger partial charge in [-0.1, -0.05) is 12.1 Å². The Balaban J connectivity index is 1.25. The van der Waals surface area contributed by atoms with Crippen molar-refractivity contribution in [2.24, 2.45) is 7.05 Å². The van der Waals surface area contributed by atoms with Crippen LogP contribution in [0.4, 0.5) is 18.9 Å². The molecule has 232 valence electrons. The molecule has 0 bridgehead atoms. The second-order valence-electron chi connectivity index (χ2n) is 11.1. The number of ether oxygens (including phenoxy) is 1. The Morgan fingerprint density at radius 3 is 2.47 bits per heavy atom. The van der Waals surface area contributed by atoms with E-state index in [-0.39, 0.29) is 29.2 Å². The number of piperazine rings is 1. The predicted molar refractivity (Wildman–Crippen MR) is 163 cm³/mol. The van der Waals surface area contributed by atoms with Crippen LogP contribution in [0.1, 0.15) is 27.0 Å². The molecule has 1 saturated heterocycles. The minimum absolute atomic E-state index is 0.0510. The Morgan fingerprint density at radius 1 is 0.978 bits per heavy atom. The summed E-state index contributed by atoms with van der Waals surface area (Å²) < 4.78 is 50.1. The number of aromatic nitrogens is 5. The van der Waals surface area contributed by atoms with Crippen LogP contribution < -0.4 is 10.1 Å². The first-order valence-corrected chi connectivity index (χ1v) is 14.4. The average Bonchev–Trinajstić information content (AvgIpc) is 3.40. The third-order valence-corrected chi connectivity index (χ3v) is 7.83. The first kappa shape index (κ1) is 30.2. The number of carbonyl (C=O) groups is 1. The van der Waals surface area contributed by atoms with Crippen LogP contribution in [-0.4, -0.2) is 73.7 Å². The van der Waals surface area contributed by atoms with Crippen LogP contribution in [0.5, 0.6) is 11.6 Å². The van der Waals surface area contributed by atoms with Crippen molar-refractivity contribution in [3.05, 3.63) is 89.4 Å². The Kier molecular flexibility index (Phi) is 8.21. The molecule has 1 N–H and O–H groups in total. The molecule has 10 nitrogen and oxygen atoms in total. The van der Waals surface area contributed by atoms with Gasteiger partial charge in [0.1, 0.15) is 11.1 Å². The molecule has 0 saturated carbocycles. The molecule has 5 aromatic rings. The molecule has 0 radical (unpaired) electrons. The highest BCUT2D eigenvalue weighted by Gasteiger charge is 2.34. The lowest BCUT2D eigenvalue weighted by Crippen LogP contribution is -2.44. The lowest BCUT2D eigenvalue weighted by molar-refractivity contribution is -0.138. The molecular weight excluding hydrogens is 585 g/mol. The zero-order valence-electron chi connectivity index (χ0n) is 25.0. The van der Waals surface area contributed by atoms with Crippen LogP contribution in [0.25, 0.3) is 22.4 Å². The number of benzene rings is 2. The van der Waals surface area contributed by atoms with Crippen LogP contribution in [-0.2, 0) is 19.8 Å². The van der Waals surface area contributed by atoms with Crippen LogP contribution in [0.15, 0.2) is 67.1 Å². The van der Waals surface area contributed by atoms with E-state index in [4.69, 9.17) is 4.74 Å². The molecular formula is C32H31F3N8O2. The second kappa shape index (κ2) is 12.3. The van der Waals surface area contributed by atoms with Gasteiger partial charge in [-0.2, -0.15) is 23.3 Å². The highest BCUT2D eigenvalue weighted by atomic mass is 19.4. The largest absolute Gasteiger partial charge is 0.438 e. The number of rotatable bonds is 7. The molecule has 3 aromatic heterocycles. The number of hydrogen-bond donors (Lipinski definition) is 1. The maximum atomic E-state index is 14.1. The summed E-state index contributed by atoms with van der Waals surface area (Å²) in [5, 5.41) is 7.49. The molecule has 0 atom stereocenters. The summed E-state index contributed by atoms with van der Waals surface area (Å²) in [6.45, 7) is 4.91. The molecule has 0 aliphatic carbocycles. The predicted octanol–water partition coefficient (Wildman–Crippen LogP) is 5.54. The van der Waals surface area contributed by atoms with Gasteiger partial charge in [-0.3, -0.25) is 19.4 Å². The van der Waals surface area contributed by atoms with E-state index in [1.54, 1.807) is 61.5 Å². The molecule has 13 heteroatoms. The first-order valence-electron chi connectivity index (χ1n) is 14.4. The molecule has 0 spiro atoms. The van der Waals surface area contributed by atoms with Gasteiger partial charge in [-0.25, -0.2) is 4.98 Å². The lowest BCUT2D eigenvalue weighted by Gasteiger charge is -2.33. The van der Waals surface area contributed by atoms with E-state index in [9.17, 15) is 18.0 Å². The molecule has 1 amide bonds. The lowest BCUT2D eigenvalue weighted by atomic mass is 10.0. The number of hydrogen-bond acceptors (Lipinski definition) is 8. The van der Waals surface area contributed by atoms with Crippen LogP contribution in [0, 0.1) is 6.92 Å². The number of carbonyl (C=O) groups excluding carboxylic acids is 1. The minimum Gasteiger partial charge on any atom is -0.438 e. The van der Waals surface area contributed by atoms with Gasteiger partial charge < -0.3 is 15.0 Å². The summed E-state index contributed by atoms with van der Waals surface area (Å²) in [7, 11) is 3.75. The normalized spacial score (nSPS) is 14.5. The fourth-order valence-corrected chi connectivity index (χ4v) is 5.23. The van der Waals surface area contributed by atoms with E-state index in [2.05, 4.69) is 30.3 Å². The third-order valence-electron chi connectivity index (χ3n) is 7.83. The van der Waals surface area contributed by atoms with Crippen molar-refractivity contribution in [2.45, 2.75) is 19.6 Å². The zero-order valence-corrected chi connectivity index (χ0v) is 25.0. The standard InChI is InChI=1S/C32H31F3N8O2/c1-20-4-7-24(45-31-26-18-37-42(3)29(26)39-28(40-31)21-8-10-36-11-9-21)17-25(20)30(44)38-23-6-5-22(27(16-23)32(33,34)35)19-43-14-12-41(2)13-15-43/h4-11,16-18H,12-15,19H2,1-3H3,(H,38,44). The summed E-state index contributed by atoms with van der Waals surface area (Å²) >= 11 is 0. The zero-order chi connectivity index (χ0) is 31.7. The number of fused-ring (bicyclic) bond motifs is 1. The van der Waals surface area contributed by atoms with E-state index in [0.717, 1.165) is 24.7 Å². The maximum absolute atomic E-state index is 14.1. The molecule has 1 fully saturated rings. The summed E-state index contributed by atoms with van der Waals surface area (Å²) in [6.07, 6.45) is 0.289. The van der Waals surface area contributed by atoms with Crippen LogP contribution in [0.3, 0.4) is 0 Å². The van der Waals surface area contributed by atoms with E-state index >= 15 is 0 Å². The van der Waals surface area contributed by atoms with Gasteiger partial charge >= 0.3 is 6.18 Å². The van der Waals surface area contributed by atoms with Gasteiger partial charge in [0.05, 0.1) is 11.8 Å². The number of nitrogens with one attached hydrogen (secondary N) is 1. The average molecular weight is 617 g/mol. The number of pyridine rings is 1. The smallest absolute Gasteiger partial charge is 0.416 e. The first-order chi connectivity index (χ1) is 21.5. The highest BCUT2D eigenvalue weighted by molar-refractivity contribution is 6.05. The molecule has 6 rings (SSSR count). The monoisotopic (exact) mass is 616 g/mol. The van der Waals surface area contributed by atoms with Crippen molar-refractivity contribution in [2.75, 3.05) is 38.5 Å². The summed E-state index contributed by atoms with van der Waals surface area (Å²) in [5.41, 5.74) is 1.61. The van der Waals surface area contributed by atoms with Crippen molar-refractivity contribution < 1.29 is 22.7 Å². The Morgan fingerprint density at radius 2 is 1.73 bits per heavy atom. The number of halogens is 3. The van der Waals surface area contributed by atoms with Crippen LogP contribution in [0.2, 0.25) is 0 Å². The van der Waals surface area contributed by atoms with E-state index in [1.807, 2.05) is 11.9 Å². The van der Waals surface area contributed by atoms with Crippen molar-refractivity contribution in [3.63, 3.8) is 0 Å². The maximum Gasteiger partial charge on any atom is 0.416 e. The fourth-order valence-electron chi connectivity index (χ4n) is 5.23. The van der Waals surface area contributed by atoms with Gasteiger partial charge in [-0.15, -0.1) is 0 Å². The van der Waals surface area contributed by atoms with E-state index in [1.165, 1.54) is 18.2 Å². The van der Waals surface area contributed by atoms with Gasteiger partial charge in [-0.05, 0) is 61.5 Å². The SMILES string of the molecule is Cc1ccc(Oc2nc(-c3ccncc3)nc3c2cnn3C)cc1C(=O)Nc1ccc(CN2CCN(C)CC2)c(C(F)(F)F)c1. The number of nitrogens with zero attached hydrogens (tertiary/aromatic N) is 7. The van der Waals surface area contributed by atoms with Gasteiger partial charge in [0.2, 0.25) is 5.88 Å². The Bertz CT molecular complexity index is 1850. The number of anilines is 1. The molecule has 2 aromatic carbocycles. The van der Waals surface area contributed by atoms with Crippen molar-refractivity contribution >= 4 is 22.6 Å². The number of amides is 1. The summed E-state index contributed by atoms with van der Waals surface area (Å²) in [4.78, 5) is 30.8. The third kappa shape index (κ3) is 6.64. The van der Waals surface area contributed by atoms with Gasteiger partial charge in [0.15, 0.2) is 11.5 Å². The number of likely N-dealkylation sites (N-methyl/N-ethyl adjacent to an activating group) is 1. The Labute approximate surface area is 257 Å². The van der Waals surface area contributed by atoms with E-state index < -0.39 is 17.6 Å². The molecule has 1 aliphatic rings. The number of aryl methyl sites for hydroxylation is 2. The minimum atomic E-state index is -4.57. The van der Waals surface area contributed by atoms with Crippen molar-refractivity contribution in [1.29, 1.82) is 0 Å².